The van der Waals surface area contributed by atoms with E-state index in [1.807, 2.05) is 0 Å². The first-order chi connectivity index (χ1) is 10.3. The molecule has 120 valence electrons. The van der Waals surface area contributed by atoms with Gasteiger partial charge in [-0.25, -0.2) is 13.6 Å². The third kappa shape index (κ3) is 3.00. The maximum atomic E-state index is 12.2. The number of hydrogen-bond acceptors (Lipinski definition) is 3. The van der Waals surface area contributed by atoms with Gasteiger partial charge < -0.3 is 5.32 Å². The molecule has 1 amide bonds. The first-order valence-electron chi connectivity index (χ1n) is 6.93. The molecular weight excluding hydrogens is 296 g/mol. The molecule has 1 aromatic heterocycles. The predicted octanol–water partition coefficient (Wildman–Crippen LogP) is 0.782. The van der Waals surface area contributed by atoms with Gasteiger partial charge in [0.05, 0.1) is 5.56 Å². The Hall–Kier alpha value is -2.25. The summed E-state index contributed by atoms with van der Waals surface area (Å²) in [6, 6.07) is 0. The summed E-state index contributed by atoms with van der Waals surface area (Å²) in [5.74, 6) is -0.560. The number of nitrogens with zero attached hydrogens (tertiary/aromatic N) is 2. The fourth-order valence-electron chi connectivity index (χ4n) is 2.50. The fourth-order valence-corrected chi connectivity index (χ4v) is 2.50. The molecule has 0 bridgehead atoms. The van der Waals surface area contributed by atoms with Crippen molar-refractivity contribution in [3.05, 3.63) is 44.4 Å². The summed E-state index contributed by atoms with van der Waals surface area (Å²) >= 11 is 0. The number of amides is 1. The van der Waals surface area contributed by atoms with E-state index in [4.69, 9.17) is 0 Å². The molecular formula is C14H17F2N3O3. The van der Waals surface area contributed by atoms with Crippen molar-refractivity contribution in [2.75, 3.05) is 0 Å². The lowest BCUT2D eigenvalue weighted by molar-refractivity contribution is 0.0945. The van der Waals surface area contributed by atoms with Crippen LogP contribution in [0.15, 0.2) is 21.9 Å². The van der Waals surface area contributed by atoms with Crippen LogP contribution in [0.4, 0.5) is 8.78 Å². The third-order valence-electron chi connectivity index (χ3n) is 3.59. The van der Waals surface area contributed by atoms with Gasteiger partial charge in [-0.05, 0) is 12.8 Å². The normalized spacial score (nSPS) is 14.2. The molecule has 1 aromatic rings. The van der Waals surface area contributed by atoms with Gasteiger partial charge in [0.1, 0.15) is 5.69 Å². The molecule has 0 saturated carbocycles. The molecule has 22 heavy (non-hydrogen) atoms. The molecule has 6 nitrogen and oxygen atoms in total. The van der Waals surface area contributed by atoms with Crippen LogP contribution in [0.5, 0.6) is 0 Å². The molecule has 1 N–H and O–H groups in total. The minimum atomic E-state index is -2.39. The van der Waals surface area contributed by atoms with E-state index in [1.54, 1.807) is 0 Å². The second-order valence-electron chi connectivity index (χ2n) is 5.25. The monoisotopic (exact) mass is 313 g/mol. The molecule has 1 aliphatic heterocycles. The van der Waals surface area contributed by atoms with Crippen LogP contribution >= 0.6 is 0 Å². The quantitative estimate of drug-likeness (QED) is 0.817. The summed E-state index contributed by atoms with van der Waals surface area (Å²) in [4.78, 5) is 36.4. The second-order valence-corrected chi connectivity index (χ2v) is 5.25. The molecule has 0 aliphatic carbocycles. The van der Waals surface area contributed by atoms with Crippen molar-refractivity contribution < 1.29 is 13.6 Å². The molecule has 0 spiro atoms. The third-order valence-corrected chi connectivity index (χ3v) is 3.59. The highest BCUT2D eigenvalue weighted by Gasteiger charge is 2.27. The van der Waals surface area contributed by atoms with Gasteiger partial charge in [0, 0.05) is 32.1 Å². The summed E-state index contributed by atoms with van der Waals surface area (Å²) in [7, 11) is 1.33. The summed E-state index contributed by atoms with van der Waals surface area (Å²) in [6.07, 6.45) is -1.94. The van der Waals surface area contributed by atoms with Gasteiger partial charge in [-0.3, -0.25) is 18.7 Å². The summed E-state index contributed by atoms with van der Waals surface area (Å²) in [5, 5.41) is 2.50. The zero-order valence-corrected chi connectivity index (χ0v) is 12.2. The smallest absolute Gasteiger partial charge is 0.325 e. The number of halogens is 2. The Bertz CT molecular complexity index is 734. The lowest BCUT2D eigenvalue weighted by atomic mass is 10.0. The van der Waals surface area contributed by atoms with E-state index in [1.165, 1.54) is 11.6 Å². The number of aromatic nitrogens is 2. The van der Waals surface area contributed by atoms with E-state index >= 15 is 0 Å². The van der Waals surface area contributed by atoms with Crippen molar-refractivity contribution >= 4 is 5.91 Å². The van der Waals surface area contributed by atoms with Gasteiger partial charge in [0.25, 0.3) is 11.5 Å². The summed E-state index contributed by atoms with van der Waals surface area (Å²) in [6.45, 7) is 3.74. The number of unbranched alkanes of at least 4 members (excludes halogenated alkanes) is 1. The Kier molecular flexibility index (Phi) is 4.58. The highest BCUT2D eigenvalue weighted by molar-refractivity contribution is 5.96. The number of fused-ring (bicyclic) bond motifs is 1. The molecule has 0 radical (unpaired) electrons. The number of nitrogens with one attached hydrogen (secondary N) is 1. The number of rotatable bonds is 5. The average molecular weight is 313 g/mol. The van der Waals surface area contributed by atoms with Crippen molar-refractivity contribution in [2.45, 2.75) is 38.7 Å². The zero-order chi connectivity index (χ0) is 16.4. The molecule has 2 heterocycles. The van der Waals surface area contributed by atoms with Crippen LogP contribution in [0, 0.1) is 0 Å². The van der Waals surface area contributed by atoms with Crippen molar-refractivity contribution in [1.82, 2.24) is 14.5 Å². The van der Waals surface area contributed by atoms with Crippen molar-refractivity contribution in [2.24, 2.45) is 7.05 Å². The lowest BCUT2D eigenvalue weighted by Crippen LogP contribution is -2.47. The maximum Gasteiger partial charge on any atom is 0.331 e. The van der Waals surface area contributed by atoms with Gasteiger partial charge >= 0.3 is 5.69 Å². The van der Waals surface area contributed by atoms with E-state index < -0.39 is 23.6 Å². The van der Waals surface area contributed by atoms with Crippen LogP contribution in [0.2, 0.25) is 0 Å². The topological polar surface area (TPSA) is 73.1 Å². The van der Waals surface area contributed by atoms with Crippen LogP contribution in [-0.4, -0.2) is 21.5 Å². The van der Waals surface area contributed by atoms with E-state index in [2.05, 4.69) is 11.9 Å². The SMILES string of the molecule is C=C1Cc2c(n(CCCCC(F)F)c(=O)n(C)c2=O)C(=O)N1. The van der Waals surface area contributed by atoms with Crippen LogP contribution < -0.4 is 16.6 Å². The van der Waals surface area contributed by atoms with Gasteiger partial charge in [-0.15, -0.1) is 0 Å². The van der Waals surface area contributed by atoms with Crippen LogP contribution in [0.25, 0.3) is 0 Å². The molecule has 8 heteroatoms. The van der Waals surface area contributed by atoms with Gasteiger partial charge in [0.2, 0.25) is 6.43 Å². The highest BCUT2D eigenvalue weighted by Crippen LogP contribution is 2.14. The number of carbonyl (C=O) groups excluding carboxylic acids is 1. The Balaban J connectivity index is 2.41. The fraction of sp³-hybridized carbons (Fsp3) is 0.500. The number of carbonyl (C=O) groups is 1. The van der Waals surface area contributed by atoms with Crippen LogP contribution in [-0.2, 0) is 20.0 Å². The lowest BCUT2D eigenvalue weighted by Gasteiger charge is -2.22. The number of allylic oxidation sites excluding steroid dienone is 1. The molecule has 0 atom stereocenters. The first-order valence-corrected chi connectivity index (χ1v) is 6.93. The van der Waals surface area contributed by atoms with E-state index in [0.717, 1.165) is 4.57 Å². The van der Waals surface area contributed by atoms with Crippen LogP contribution in [0.1, 0.15) is 35.3 Å². The van der Waals surface area contributed by atoms with Crippen molar-refractivity contribution in [1.29, 1.82) is 0 Å². The minimum absolute atomic E-state index is 0.0116. The molecule has 0 aromatic carbocycles. The zero-order valence-electron chi connectivity index (χ0n) is 12.2. The molecule has 1 aliphatic rings. The average Bonchev–Trinajstić information content (AvgIpc) is 2.44. The van der Waals surface area contributed by atoms with E-state index in [0.29, 0.717) is 12.1 Å². The molecule has 0 saturated heterocycles. The Morgan fingerprint density at radius 1 is 1.27 bits per heavy atom. The largest absolute Gasteiger partial charge is 0.331 e. The van der Waals surface area contributed by atoms with Gasteiger partial charge in [0.15, 0.2) is 0 Å². The Morgan fingerprint density at radius 2 is 1.95 bits per heavy atom. The standard InChI is InChI=1S/C14H17F2N3O3/c1-8-7-9-11(12(20)17-8)19(6-4-3-5-10(15)16)14(22)18(2)13(9)21/h10H,1,3-7H2,2H3,(H,17,20). The summed E-state index contributed by atoms with van der Waals surface area (Å²) in [5.41, 5.74) is -0.539. The van der Waals surface area contributed by atoms with Gasteiger partial charge in [-0.1, -0.05) is 6.58 Å². The van der Waals surface area contributed by atoms with Gasteiger partial charge in [-0.2, -0.15) is 0 Å². The first kappa shape index (κ1) is 16.1. The highest BCUT2D eigenvalue weighted by atomic mass is 19.3. The Labute approximate surface area is 125 Å². The van der Waals surface area contributed by atoms with E-state index in [-0.39, 0.29) is 37.1 Å². The minimum Gasteiger partial charge on any atom is -0.325 e. The number of alkyl halides is 2. The summed E-state index contributed by atoms with van der Waals surface area (Å²) < 4.78 is 26.4. The molecule has 2 rings (SSSR count). The Morgan fingerprint density at radius 3 is 2.59 bits per heavy atom. The molecule has 0 fully saturated rings. The molecule has 0 unspecified atom stereocenters. The maximum absolute atomic E-state index is 12.2. The van der Waals surface area contributed by atoms with Crippen molar-refractivity contribution in [3.8, 4) is 0 Å². The number of hydrogen-bond donors (Lipinski definition) is 1. The van der Waals surface area contributed by atoms with Crippen molar-refractivity contribution in [3.63, 3.8) is 0 Å². The second kappa shape index (κ2) is 6.25. The predicted molar refractivity (Wildman–Crippen MR) is 76.1 cm³/mol. The van der Waals surface area contributed by atoms with E-state index in [9.17, 15) is 23.2 Å². The van der Waals surface area contributed by atoms with Crippen LogP contribution in [0.3, 0.4) is 0 Å².